The van der Waals surface area contributed by atoms with Crippen LogP contribution in [0.4, 0.5) is 0 Å². The van der Waals surface area contributed by atoms with Crippen LogP contribution in [0.2, 0.25) is 0 Å². The molecule has 5 heteroatoms. The lowest BCUT2D eigenvalue weighted by molar-refractivity contribution is -0.0193. The highest BCUT2D eigenvalue weighted by molar-refractivity contribution is 5.07. The van der Waals surface area contributed by atoms with Gasteiger partial charge in [0.2, 0.25) is 0 Å². The van der Waals surface area contributed by atoms with E-state index in [9.17, 15) is 4.79 Å². The summed E-state index contributed by atoms with van der Waals surface area (Å²) in [6.45, 7) is 8.82. The van der Waals surface area contributed by atoms with Crippen molar-refractivity contribution in [1.82, 2.24) is 9.97 Å². The summed E-state index contributed by atoms with van der Waals surface area (Å²) in [7, 11) is 0. The topological polar surface area (TPSA) is 81.0 Å². The van der Waals surface area contributed by atoms with Gasteiger partial charge in [-0.25, -0.2) is 4.98 Å². The zero-order valence-electron chi connectivity index (χ0n) is 10.9. The molecule has 1 heterocycles. The molecule has 0 aliphatic heterocycles. The Labute approximate surface area is 101 Å². The SMILES string of the molecule is CCOC(c1ncc(CN)c(=O)[nH]1)C(C)(C)C. The Hall–Kier alpha value is -1.20. The summed E-state index contributed by atoms with van der Waals surface area (Å²) in [5, 5.41) is 0. The Morgan fingerprint density at radius 3 is 2.59 bits per heavy atom. The van der Waals surface area contributed by atoms with Crippen molar-refractivity contribution in [3.8, 4) is 0 Å². The van der Waals surface area contributed by atoms with E-state index >= 15 is 0 Å². The second-order valence-corrected chi connectivity index (χ2v) is 5.03. The van der Waals surface area contributed by atoms with Crippen LogP contribution >= 0.6 is 0 Å². The van der Waals surface area contributed by atoms with Gasteiger partial charge in [0.1, 0.15) is 11.9 Å². The van der Waals surface area contributed by atoms with Crippen LogP contribution in [-0.2, 0) is 11.3 Å². The molecule has 0 aliphatic carbocycles. The molecule has 1 atom stereocenters. The molecule has 0 amide bonds. The average Bonchev–Trinajstić information content (AvgIpc) is 2.24. The Bertz CT molecular complexity index is 420. The molecule has 96 valence electrons. The minimum Gasteiger partial charge on any atom is -0.370 e. The van der Waals surface area contributed by atoms with E-state index in [4.69, 9.17) is 10.5 Å². The average molecular weight is 239 g/mol. The summed E-state index contributed by atoms with van der Waals surface area (Å²) in [4.78, 5) is 18.7. The molecule has 0 aliphatic rings. The lowest BCUT2D eigenvalue weighted by Crippen LogP contribution is -2.27. The molecular weight excluding hydrogens is 218 g/mol. The van der Waals surface area contributed by atoms with E-state index in [0.29, 0.717) is 18.0 Å². The van der Waals surface area contributed by atoms with Crippen molar-refractivity contribution in [1.29, 1.82) is 0 Å². The summed E-state index contributed by atoms with van der Waals surface area (Å²) in [5.74, 6) is 0.557. The van der Waals surface area contributed by atoms with Gasteiger partial charge in [-0.1, -0.05) is 20.8 Å². The number of nitrogens with one attached hydrogen (secondary N) is 1. The quantitative estimate of drug-likeness (QED) is 0.831. The van der Waals surface area contributed by atoms with Crippen molar-refractivity contribution < 1.29 is 4.74 Å². The summed E-state index contributed by atoms with van der Waals surface area (Å²) < 4.78 is 5.66. The van der Waals surface area contributed by atoms with Crippen molar-refractivity contribution in [3.63, 3.8) is 0 Å². The number of nitrogens with two attached hydrogens (primary N) is 1. The van der Waals surface area contributed by atoms with Crippen LogP contribution in [-0.4, -0.2) is 16.6 Å². The van der Waals surface area contributed by atoms with Gasteiger partial charge in [0, 0.05) is 24.9 Å². The number of hydrogen-bond acceptors (Lipinski definition) is 4. The van der Waals surface area contributed by atoms with Gasteiger partial charge in [0.25, 0.3) is 5.56 Å². The molecule has 0 saturated heterocycles. The van der Waals surface area contributed by atoms with E-state index in [1.165, 1.54) is 6.20 Å². The molecule has 5 nitrogen and oxygen atoms in total. The van der Waals surface area contributed by atoms with Crippen LogP contribution in [0.3, 0.4) is 0 Å². The number of ether oxygens (including phenoxy) is 1. The molecule has 1 rings (SSSR count). The second-order valence-electron chi connectivity index (χ2n) is 5.03. The molecule has 0 saturated carbocycles. The van der Waals surface area contributed by atoms with Crippen molar-refractivity contribution in [2.45, 2.75) is 40.3 Å². The molecule has 17 heavy (non-hydrogen) atoms. The fourth-order valence-corrected chi connectivity index (χ4v) is 1.62. The summed E-state index contributed by atoms with van der Waals surface area (Å²) in [6, 6.07) is 0. The number of H-pyrrole nitrogens is 1. The van der Waals surface area contributed by atoms with E-state index in [1.807, 2.05) is 27.7 Å². The van der Waals surface area contributed by atoms with Crippen LogP contribution < -0.4 is 11.3 Å². The summed E-state index contributed by atoms with van der Waals surface area (Å²) in [6.07, 6.45) is 1.29. The Morgan fingerprint density at radius 2 is 2.18 bits per heavy atom. The minimum absolute atomic E-state index is 0.129. The maximum atomic E-state index is 11.7. The number of nitrogens with zero attached hydrogens (tertiary/aromatic N) is 1. The van der Waals surface area contributed by atoms with Crippen LogP contribution in [0, 0.1) is 5.41 Å². The summed E-state index contributed by atoms with van der Waals surface area (Å²) in [5.41, 5.74) is 5.60. The predicted octanol–water partition coefficient (Wildman–Crippen LogP) is 1.35. The first-order chi connectivity index (χ1) is 7.90. The predicted molar refractivity (Wildman–Crippen MR) is 66.6 cm³/mol. The van der Waals surface area contributed by atoms with Crippen molar-refractivity contribution >= 4 is 0 Å². The second kappa shape index (κ2) is 5.42. The number of rotatable bonds is 4. The van der Waals surface area contributed by atoms with E-state index in [0.717, 1.165) is 0 Å². The van der Waals surface area contributed by atoms with Gasteiger partial charge >= 0.3 is 0 Å². The maximum Gasteiger partial charge on any atom is 0.255 e. The molecular formula is C12H21N3O2. The lowest BCUT2D eigenvalue weighted by atomic mass is 9.88. The lowest BCUT2D eigenvalue weighted by Gasteiger charge is -2.29. The smallest absolute Gasteiger partial charge is 0.255 e. The molecule has 0 bridgehead atoms. The highest BCUT2D eigenvalue weighted by atomic mass is 16.5. The molecule has 1 aromatic heterocycles. The number of aromatic nitrogens is 2. The van der Waals surface area contributed by atoms with E-state index in [2.05, 4.69) is 9.97 Å². The standard InChI is InChI=1S/C12H21N3O2/c1-5-17-9(12(2,3)4)10-14-7-8(6-13)11(16)15-10/h7,9H,5-6,13H2,1-4H3,(H,14,15,16). The molecule has 1 aromatic rings. The molecule has 0 aromatic carbocycles. The third-order valence-corrected chi connectivity index (χ3v) is 2.48. The summed E-state index contributed by atoms with van der Waals surface area (Å²) >= 11 is 0. The van der Waals surface area contributed by atoms with Crippen molar-refractivity contribution in [3.05, 3.63) is 27.9 Å². The van der Waals surface area contributed by atoms with Gasteiger partial charge in [-0.05, 0) is 12.3 Å². The number of aromatic amines is 1. The van der Waals surface area contributed by atoms with E-state index < -0.39 is 0 Å². The van der Waals surface area contributed by atoms with Crippen LogP contribution in [0.25, 0.3) is 0 Å². The third-order valence-electron chi connectivity index (χ3n) is 2.48. The van der Waals surface area contributed by atoms with E-state index in [-0.39, 0.29) is 23.6 Å². The zero-order valence-corrected chi connectivity index (χ0v) is 10.9. The monoisotopic (exact) mass is 239 g/mol. The van der Waals surface area contributed by atoms with Gasteiger partial charge in [-0.15, -0.1) is 0 Å². The van der Waals surface area contributed by atoms with Gasteiger partial charge in [0.05, 0.1) is 0 Å². The van der Waals surface area contributed by atoms with Crippen molar-refractivity contribution in [2.24, 2.45) is 11.1 Å². The first kappa shape index (κ1) is 13.9. The maximum absolute atomic E-state index is 11.7. The Kier molecular flexibility index (Phi) is 4.42. The Balaban J connectivity index is 3.12. The zero-order chi connectivity index (χ0) is 13.1. The van der Waals surface area contributed by atoms with Gasteiger partial charge < -0.3 is 15.5 Å². The largest absolute Gasteiger partial charge is 0.370 e. The molecule has 0 radical (unpaired) electrons. The third kappa shape index (κ3) is 3.38. The Morgan fingerprint density at radius 1 is 1.53 bits per heavy atom. The van der Waals surface area contributed by atoms with Crippen LogP contribution in [0.15, 0.2) is 11.0 Å². The normalized spacial score (nSPS) is 13.7. The number of hydrogen-bond donors (Lipinski definition) is 2. The fraction of sp³-hybridized carbons (Fsp3) is 0.667. The molecule has 1 unspecified atom stereocenters. The first-order valence-corrected chi connectivity index (χ1v) is 5.80. The van der Waals surface area contributed by atoms with Gasteiger partial charge in [-0.3, -0.25) is 4.79 Å². The molecule has 0 spiro atoms. The van der Waals surface area contributed by atoms with Gasteiger partial charge in [0.15, 0.2) is 0 Å². The highest BCUT2D eigenvalue weighted by Gasteiger charge is 2.28. The van der Waals surface area contributed by atoms with Crippen molar-refractivity contribution in [2.75, 3.05) is 6.61 Å². The van der Waals surface area contributed by atoms with Crippen LogP contribution in [0.5, 0.6) is 0 Å². The highest BCUT2D eigenvalue weighted by Crippen LogP contribution is 2.33. The van der Waals surface area contributed by atoms with E-state index in [1.54, 1.807) is 0 Å². The van der Waals surface area contributed by atoms with Gasteiger partial charge in [-0.2, -0.15) is 0 Å². The minimum atomic E-state index is -0.230. The molecule has 0 fully saturated rings. The molecule has 3 N–H and O–H groups in total. The first-order valence-electron chi connectivity index (χ1n) is 5.80. The fourth-order valence-electron chi connectivity index (χ4n) is 1.62. The van der Waals surface area contributed by atoms with Crippen LogP contribution in [0.1, 0.15) is 45.2 Å².